The van der Waals surface area contributed by atoms with E-state index in [-0.39, 0.29) is 17.9 Å². The van der Waals surface area contributed by atoms with Crippen molar-refractivity contribution in [2.75, 3.05) is 32.2 Å². The van der Waals surface area contributed by atoms with Gasteiger partial charge < -0.3 is 20.1 Å². The summed E-state index contributed by atoms with van der Waals surface area (Å²) >= 11 is 0. The molecule has 2 N–H and O–H groups in total. The molecular weight excluding hydrogens is 402 g/mol. The first-order valence-corrected chi connectivity index (χ1v) is 9.92. The van der Waals surface area contributed by atoms with E-state index in [4.69, 9.17) is 9.47 Å². The number of aryl methyl sites for hydroxylation is 1. The highest BCUT2D eigenvalue weighted by atomic mass is 16.6. The van der Waals surface area contributed by atoms with E-state index in [1.807, 2.05) is 24.3 Å². The van der Waals surface area contributed by atoms with E-state index in [1.165, 1.54) is 18.2 Å². The molecule has 1 aliphatic rings. The first-order valence-electron chi connectivity index (χ1n) is 9.92. The summed E-state index contributed by atoms with van der Waals surface area (Å²) in [6.45, 7) is 2.99. The largest absolute Gasteiger partial charge is 0.496 e. The van der Waals surface area contributed by atoms with Crippen molar-refractivity contribution in [2.45, 2.75) is 25.2 Å². The Balaban J connectivity index is 1.74. The standard InChI is InChI=1S/C22H25N3O6/c1-15-7-8-16(25(28)29)13-18(15)24-21(27)20(26)23-14-22(9-11-31-12-10-22)17-5-3-4-6-19(17)30-2/h3-8,13H,9-12,14H2,1-2H3,(H,23,26)(H,24,27). The number of hydrogen-bond donors (Lipinski definition) is 2. The van der Waals surface area contributed by atoms with Crippen molar-refractivity contribution in [1.82, 2.24) is 5.32 Å². The average molecular weight is 427 g/mol. The van der Waals surface area contributed by atoms with Crippen molar-refractivity contribution in [3.63, 3.8) is 0 Å². The molecule has 1 heterocycles. The summed E-state index contributed by atoms with van der Waals surface area (Å²) in [5, 5.41) is 16.2. The Morgan fingerprint density at radius 1 is 1.16 bits per heavy atom. The van der Waals surface area contributed by atoms with Gasteiger partial charge in [0.2, 0.25) is 0 Å². The molecule has 0 atom stereocenters. The van der Waals surface area contributed by atoms with Gasteiger partial charge in [0.1, 0.15) is 5.75 Å². The molecule has 9 heteroatoms. The smallest absolute Gasteiger partial charge is 0.313 e. The van der Waals surface area contributed by atoms with Crippen LogP contribution in [0.15, 0.2) is 42.5 Å². The molecule has 9 nitrogen and oxygen atoms in total. The van der Waals surface area contributed by atoms with Gasteiger partial charge in [-0.05, 0) is 31.4 Å². The fraction of sp³-hybridized carbons (Fsp3) is 0.364. The molecule has 2 aromatic rings. The number of benzene rings is 2. The van der Waals surface area contributed by atoms with E-state index in [2.05, 4.69) is 10.6 Å². The highest BCUT2D eigenvalue weighted by Crippen LogP contribution is 2.39. The second-order valence-corrected chi connectivity index (χ2v) is 7.49. The monoisotopic (exact) mass is 427 g/mol. The third-order valence-corrected chi connectivity index (χ3v) is 5.60. The highest BCUT2D eigenvalue weighted by molar-refractivity contribution is 6.39. The Labute approximate surface area is 179 Å². The maximum atomic E-state index is 12.5. The number of nitrogens with one attached hydrogen (secondary N) is 2. The van der Waals surface area contributed by atoms with Crippen LogP contribution in [0.2, 0.25) is 0 Å². The van der Waals surface area contributed by atoms with Crippen molar-refractivity contribution in [3.05, 3.63) is 63.7 Å². The minimum atomic E-state index is -0.883. The van der Waals surface area contributed by atoms with Crippen LogP contribution < -0.4 is 15.4 Å². The number of nitrogens with zero attached hydrogens (tertiary/aromatic N) is 1. The Bertz CT molecular complexity index is 985. The Hall–Kier alpha value is -3.46. The molecule has 1 aliphatic heterocycles. The van der Waals surface area contributed by atoms with E-state index in [1.54, 1.807) is 14.0 Å². The van der Waals surface area contributed by atoms with E-state index < -0.39 is 22.2 Å². The summed E-state index contributed by atoms with van der Waals surface area (Å²) in [6.07, 6.45) is 1.33. The molecule has 3 rings (SSSR count). The highest BCUT2D eigenvalue weighted by Gasteiger charge is 2.37. The third kappa shape index (κ3) is 5.00. The number of anilines is 1. The van der Waals surface area contributed by atoms with Crippen molar-refractivity contribution in [3.8, 4) is 5.75 Å². The number of nitro benzene ring substituents is 1. The second kappa shape index (κ2) is 9.57. The zero-order valence-corrected chi connectivity index (χ0v) is 17.5. The van der Waals surface area contributed by atoms with Crippen LogP contribution >= 0.6 is 0 Å². The van der Waals surface area contributed by atoms with Gasteiger partial charge in [-0.2, -0.15) is 0 Å². The molecule has 2 amide bonds. The number of nitro groups is 1. The molecule has 0 unspecified atom stereocenters. The lowest BCUT2D eigenvalue weighted by atomic mass is 9.73. The molecule has 2 aromatic carbocycles. The molecule has 31 heavy (non-hydrogen) atoms. The van der Waals surface area contributed by atoms with Crippen molar-refractivity contribution in [2.24, 2.45) is 0 Å². The predicted octanol–water partition coefficient (Wildman–Crippen LogP) is 2.71. The fourth-order valence-corrected chi connectivity index (χ4v) is 3.75. The van der Waals surface area contributed by atoms with Crippen LogP contribution in [-0.2, 0) is 19.7 Å². The second-order valence-electron chi connectivity index (χ2n) is 7.49. The Morgan fingerprint density at radius 3 is 2.55 bits per heavy atom. The molecule has 0 aliphatic carbocycles. The quantitative estimate of drug-likeness (QED) is 0.416. The van der Waals surface area contributed by atoms with Crippen molar-refractivity contribution < 1.29 is 24.0 Å². The SMILES string of the molecule is COc1ccccc1C1(CNC(=O)C(=O)Nc2cc([N+](=O)[O-])ccc2C)CCOCC1. The Morgan fingerprint density at radius 2 is 1.87 bits per heavy atom. The first-order chi connectivity index (χ1) is 14.9. The van der Waals surface area contributed by atoms with Gasteiger partial charge in [0.15, 0.2) is 0 Å². The van der Waals surface area contributed by atoms with Gasteiger partial charge in [-0.15, -0.1) is 0 Å². The number of amides is 2. The van der Waals surface area contributed by atoms with Crippen molar-refractivity contribution in [1.29, 1.82) is 0 Å². The maximum Gasteiger partial charge on any atom is 0.313 e. The maximum absolute atomic E-state index is 12.5. The normalized spacial score (nSPS) is 15.0. The summed E-state index contributed by atoms with van der Waals surface area (Å²) in [4.78, 5) is 35.4. The lowest BCUT2D eigenvalue weighted by Gasteiger charge is -2.38. The number of carbonyl (C=O) groups excluding carboxylic acids is 2. The third-order valence-electron chi connectivity index (χ3n) is 5.60. The van der Waals surface area contributed by atoms with Gasteiger partial charge >= 0.3 is 11.8 Å². The van der Waals surface area contributed by atoms with Crippen molar-refractivity contribution >= 4 is 23.2 Å². The summed E-state index contributed by atoms with van der Waals surface area (Å²) in [5.74, 6) is -0.979. The van der Waals surface area contributed by atoms with Crippen LogP contribution in [0, 0.1) is 17.0 Å². The number of hydrogen-bond acceptors (Lipinski definition) is 6. The van der Waals surface area contributed by atoms with Crippen LogP contribution in [0.1, 0.15) is 24.0 Å². The number of carbonyl (C=O) groups is 2. The minimum Gasteiger partial charge on any atom is -0.496 e. The molecular formula is C22H25N3O6. The summed E-state index contributed by atoms with van der Waals surface area (Å²) in [7, 11) is 1.60. The summed E-state index contributed by atoms with van der Waals surface area (Å²) in [5.41, 5.74) is 1.19. The first kappa shape index (κ1) is 22.2. The minimum absolute atomic E-state index is 0.168. The number of ether oxygens (including phenoxy) is 2. The van der Waals surface area contributed by atoms with Crippen LogP contribution in [0.25, 0.3) is 0 Å². The number of rotatable bonds is 6. The molecule has 0 aromatic heterocycles. The van der Waals surface area contributed by atoms with Gasteiger partial charge in [-0.3, -0.25) is 19.7 Å². The van der Waals surface area contributed by atoms with Gasteiger partial charge in [0.25, 0.3) is 5.69 Å². The summed E-state index contributed by atoms with van der Waals surface area (Å²) in [6, 6.07) is 11.7. The topological polar surface area (TPSA) is 120 Å². The summed E-state index contributed by atoms with van der Waals surface area (Å²) < 4.78 is 11.0. The van der Waals surface area contributed by atoms with E-state index >= 15 is 0 Å². The lowest BCUT2D eigenvalue weighted by molar-refractivity contribution is -0.384. The molecule has 164 valence electrons. The molecule has 0 spiro atoms. The lowest BCUT2D eigenvalue weighted by Crippen LogP contribution is -2.47. The van der Waals surface area contributed by atoms with E-state index in [0.29, 0.717) is 31.6 Å². The zero-order chi connectivity index (χ0) is 22.4. The number of para-hydroxylation sites is 1. The van der Waals surface area contributed by atoms with Crippen LogP contribution in [-0.4, -0.2) is 43.6 Å². The Kier molecular flexibility index (Phi) is 6.86. The predicted molar refractivity (Wildman–Crippen MR) is 114 cm³/mol. The molecule has 0 radical (unpaired) electrons. The number of non-ortho nitro benzene ring substituents is 1. The van der Waals surface area contributed by atoms with Gasteiger partial charge in [0, 0.05) is 42.9 Å². The average Bonchev–Trinajstić information content (AvgIpc) is 2.79. The van der Waals surface area contributed by atoms with E-state index in [9.17, 15) is 19.7 Å². The van der Waals surface area contributed by atoms with Crippen LogP contribution in [0.3, 0.4) is 0 Å². The molecule has 0 bridgehead atoms. The zero-order valence-electron chi connectivity index (χ0n) is 17.5. The fourth-order valence-electron chi connectivity index (χ4n) is 3.75. The van der Waals surface area contributed by atoms with Gasteiger partial charge in [-0.1, -0.05) is 24.3 Å². The molecule has 1 saturated heterocycles. The van der Waals surface area contributed by atoms with E-state index in [0.717, 1.165) is 11.3 Å². The van der Waals surface area contributed by atoms with Crippen LogP contribution in [0.4, 0.5) is 11.4 Å². The number of methoxy groups -OCH3 is 1. The van der Waals surface area contributed by atoms with Gasteiger partial charge in [0.05, 0.1) is 17.7 Å². The molecule has 0 saturated carbocycles. The van der Waals surface area contributed by atoms with Gasteiger partial charge in [-0.25, -0.2) is 0 Å². The van der Waals surface area contributed by atoms with Crippen LogP contribution in [0.5, 0.6) is 5.75 Å². The molecule has 1 fully saturated rings.